The first-order valence-electron chi connectivity index (χ1n) is 10.2. The summed E-state index contributed by atoms with van der Waals surface area (Å²) in [5.41, 5.74) is 9.46. The maximum Gasteiger partial charge on any atom is 0.292 e. The Hall–Kier alpha value is -2.36. The summed E-state index contributed by atoms with van der Waals surface area (Å²) in [4.78, 5) is 8.49. The van der Waals surface area contributed by atoms with E-state index < -0.39 is 0 Å². The molecule has 0 atom stereocenters. The molecule has 0 radical (unpaired) electrons. The Morgan fingerprint density at radius 1 is 1.11 bits per heavy atom. The van der Waals surface area contributed by atoms with Crippen LogP contribution in [0.4, 0.5) is 6.01 Å². The van der Waals surface area contributed by atoms with Crippen LogP contribution in [0.1, 0.15) is 63.4 Å². The summed E-state index contributed by atoms with van der Waals surface area (Å²) < 4.78 is 5.09. The van der Waals surface area contributed by atoms with Crippen molar-refractivity contribution in [2.75, 3.05) is 5.73 Å². The van der Waals surface area contributed by atoms with Crippen LogP contribution in [0.2, 0.25) is 0 Å². The number of fused-ring (bicyclic) bond motifs is 1. The van der Waals surface area contributed by atoms with Crippen LogP contribution >= 0.6 is 0 Å². The maximum atomic E-state index is 5.36. The highest BCUT2D eigenvalue weighted by molar-refractivity contribution is 5.86. The number of benzene rings is 1. The molecule has 0 saturated heterocycles. The minimum absolute atomic E-state index is 0.227. The van der Waals surface area contributed by atoms with E-state index in [0.29, 0.717) is 0 Å². The lowest BCUT2D eigenvalue weighted by Gasteiger charge is -2.13. The molecule has 4 rings (SSSR count). The number of aliphatic imine (C=N–C) groups is 1. The van der Waals surface area contributed by atoms with E-state index in [1.807, 2.05) is 37.4 Å². The number of nitrogens with two attached hydrogens (primary N) is 1. The number of anilines is 1. The summed E-state index contributed by atoms with van der Waals surface area (Å²) >= 11 is 0. The number of nitrogen functional groups attached to an aromatic ring is 1. The Bertz CT molecular complexity index is 808. The normalized spacial score (nSPS) is 17.7. The predicted octanol–water partition coefficient (Wildman–Crippen LogP) is 6.37. The Labute approximate surface area is 162 Å². The van der Waals surface area contributed by atoms with E-state index in [1.54, 1.807) is 0 Å². The van der Waals surface area contributed by atoms with Crippen LogP contribution in [-0.4, -0.2) is 10.7 Å². The molecule has 4 heteroatoms. The van der Waals surface area contributed by atoms with Gasteiger partial charge in [-0.15, -0.1) is 0 Å². The van der Waals surface area contributed by atoms with Crippen molar-refractivity contribution in [3.8, 4) is 0 Å². The van der Waals surface area contributed by atoms with Crippen LogP contribution in [0.3, 0.4) is 0 Å². The molecule has 2 aromatic rings. The van der Waals surface area contributed by atoms with E-state index in [0.717, 1.165) is 29.0 Å². The lowest BCUT2D eigenvalue weighted by atomic mass is 9.93. The minimum Gasteiger partial charge on any atom is -0.424 e. The van der Waals surface area contributed by atoms with Crippen LogP contribution in [-0.2, 0) is 0 Å². The van der Waals surface area contributed by atoms with Crippen LogP contribution in [0.15, 0.2) is 52.0 Å². The second kappa shape index (κ2) is 10.1. The van der Waals surface area contributed by atoms with E-state index in [4.69, 9.17) is 10.2 Å². The first-order valence-corrected chi connectivity index (χ1v) is 10.2. The zero-order valence-corrected chi connectivity index (χ0v) is 16.4. The lowest BCUT2D eigenvalue weighted by molar-refractivity contribution is 0.435. The molecule has 2 heterocycles. The zero-order valence-electron chi connectivity index (χ0n) is 16.4. The topological polar surface area (TPSA) is 64.4 Å². The highest BCUT2D eigenvalue weighted by atomic mass is 16.4. The molecule has 27 heavy (non-hydrogen) atoms. The van der Waals surface area contributed by atoms with Gasteiger partial charge in [0.05, 0.1) is 0 Å². The summed E-state index contributed by atoms with van der Waals surface area (Å²) in [6.45, 7) is 2.00. The molecule has 0 unspecified atom stereocenters. The zero-order chi connectivity index (χ0) is 18.9. The van der Waals surface area contributed by atoms with Gasteiger partial charge in [0.25, 0.3) is 6.01 Å². The molecule has 0 bridgehead atoms. The monoisotopic (exact) mass is 365 g/mol. The van der Waals surface area contributed by atoms with Gasteiger partial charge in [-0.3, -0.25) is 4.99 Å². The highest BCUT2D eigenvalue weighted by Gasteiger charge is 2.12. The van der Waals surface area contributed by atoms with Gasteiger partial charge in [0.2, 0.25) is 0 Å². The SMILES string of the molecule is C1=CCC(CCC2CCCCCC2)=NC=C1.Cc1ccc2oc(N)nc2c1. The Kier molecular flexibility index (Phi) is 7.26. The van der Waals surface area contributed by atoms with Crippen LogP contribution in [0, 0.1) is 12.8 Å². The van der Waals surface area contributed by atoms with Gasteiger partial charge in [-0.25, -0.2) is 0 Å². The van der Waals surface area contributed by atoms with Gasteiger partial charge in [-0.05, 0) is 49.5 Å². The van der Waals surface area contributed by atoms with Gasteiger partial charge in [-0.2, -0.15) is 4.98 Å². The molecule has 1 aliphatic carbocycles. The van der Waals surface area contributed by atoms with Crippen molar-refractivity contribution < 1.29 is 4.42 Å². The van der Waals surface area contributed by atoms with E-state index in [2.05, 4.69) is 22.1 Å². The first-order chi connectivity index (χ1) is 13.2. The molecule has 0 amide bonds. The first kappa shape index (κ1) is 19.4. The maximum absolute atomic E-state index is 5.36. The smallest absolute Gasteiger partial charge is 0.292 e. The third-order valence-electron chi connectivity index (χ3n) is 5.32. The average molecular weight is 366 g/mol. The predicted molar refractivity (Wildman–Crippen MR) is 114 cm³/mol. The van der Waals surface area contributed by atoms with Crippen molar-refractivity contribution in [3.05, 3.63) is 48.2 Å². The second-order valence-corrected chi connectivity index (χ2v) is 7.59. The van der Waals surface area contributed by atoms with Gasteiger partial charge in [0.1, 0.15) is 5.52 Å². The molecule has 1 fully saturated rings. The fourth-order valence-corrected chi connectivity index (χ4v) is 3.78. The van der Waals surface area contributed by atoms with E-state index >= 15 is 0 Å². The van der Waals surface area contributed by atoms with Crippen molar-refractivity contribution in [3.63, 3.8) is 0 Å². The fourth-order valence-electron chi connectivity index (χ4n) is 3.78. The van der Waals surface area contributed by atoms with Crippen molar-refractivity contribution in [2.45, 2.75) is 64.7 Å². The van der Waals surface area contributed by atoms with E-state index in [9.17, 15) is 0 Å². The van der Waals surface area contributed by atoms with E-state index in [1.165, 1.54) is 57.1 Å². The molecule has 1 aromatic carbocycles. The molecule has 2 N–H and O–H groups in total. The Morgan fingerprint density at radius 2 is 1.93 bits per heavy atom. The summed E-state index contributed by atoms with van der Waals surface area (Å²) in [5.74, 6) is 0.974. The molecule has 4 nitrogen and oxygen atoms in total. The van der Waals surface area contributed by atoms with Gasteiger partial charge in [0, 0.05) is 18.3 Å². The quantitative estimate of drug-likeness (QED) is 0.643. The fraction of sp³-hybridized carbons (Fsp3) is 0.478. The summed E-state index contributed by atoms with van der Waals surface area (Å²) in [7, 11) is 0. The molecule has 2 aliphatic rings. The van der Waals surface area contributed by atoms with Crippen molar-refractivity contribution >= 4 is 22.8 Å². The lowest BCUT2D eigenvalue weighted by Crippen LogP contribution is -2.04. The minimum atomic E-state index is 0.227. The van der Waals surface area contributed by atoms with E-state index in [-0.39, 0.29) is 6.01 Å². The standard InChI is InChI=1S/C15H23N.C8H8N2O/c1-2-5-9-14(8-4-1)11-12-15-10-6-3-7-13-16-15;1-5-2-3-7-6(4-5)10-8(9)11-7/h3,6-7,13-14H,1-2,4-5,8-12H2;2-4H,1H3,(H2,9,10). The van der Waals surface area contributed by atoms with Crippen LogP contribution in [0.5, 0.6) is 0 Å². The molecule has 1 aromatic heterocycles. The highest BCUT2D eigenvalue weighted by Crippen LogP contribution is 2.27. The number of hydrogen-bond acceptors (Lipinski definition) is 4. The third kappa shape index (κ3) is 6.38. The number of rotatable bonds is 3. The van der Waals surface area contributed by atoms with Crippen molar-refractivity contribution in [1.82, 2.24) is 4.98 Å². The molecular formula is C23H31N3O. The molecule has 144 valence electrons. The number of aromatic nitrogens is 1. The van der Waals surface area contributed by atoms with Gasteiger partial charge in [0.15, 0.2) is 5.58 Å². The number of oxazole rings is 1. The van der Waals surface area contributed by atoms with Gasteiger partial charge >= 0.3 is 0 Å². The second-order valence-electron chi connectivity index (χ2n) is 7.59. The summed E-state index contributed by atoms with van der Waals surface area (Å²) in [6, 6.07) is 6.00. The largest absolute Gasteiger partial charge is 0.424 e. The third-order valence-corrected chi connectivity index (χ3v) is 5.32. The molecular weight excluding hydrogens is 334 g/mol. The molecule has 1 aliphatic heterocycles. The Balaban J connectivity index is 0.000000166. The molecule has 1 saturated carbocycles. The van der Waals surface area contributed by atoms with Gasteiger partial charge < -0.3 is 10.2 Å². The average Bonchev–Trinajstić information content (AvgIpc) is 2.89. The number of nitrogens with zero attached hydrogens (tertiary/aromatic N) is 2. The van der Waals surface area contributed by atoms with Gasteiger partial charge in [-0.1, -0.05) is 56.7 Å². The van der Waals surface area contributed by atoms with Crippen LogP contribution in [0.25, 0.3) is 11.1 Å². The molecule has 0 spiro atoms. The van der Waals surface area contributed by atoms with Crippen molar-refractivity contribution in [2.24, 2.45) is 10.9 Å². The summed E-state index contributed by atoms with van der Waals surface area (Å²) in [6.07, 6.45) is 20.7. The number of hydrogen-bond donors (Lipinski definition) is 1. The number of aryl methyl sites for hydroxylation is 1. The van der Waals surface area contributed by atoms with Crippen molar-refractivity contribution in [1.29, 1.82) is 0 Å². The number of allylic oxidation sites excluding steroid dienone is 3. The summed E-state index contributed by atoms with van der Waals surface area (Å²) in [5, 5.41) is 0. The Morgan fingerprint density at radius 3 is 2.74 bits per heavy atom. The van der Waals surface area contributed by atoms with Crippen LogP contribution < -0.4 is 5.73 Å².